The van der Waals surface area contributed by atoms with Gasteiger partial charge in [-0.1, -0.05) is 41.5 Å². The van der Waals surface area contributed by atoms with E-state index in [1.54, 1.807) is 24.9 Å². The first-order valence-corrected chi connectivity index (χ1v) is 10.4. The fourth-order valence-corrected chi connectivity index (χ4v) is 3.66. The Labute approximate surface area is 187 Å². The summed E-state index contributed by atoms with van der Waals surface area (Å²) in [6.07, 6.45) is 1.65. The molecular weight excluding hydrogens is 408 g/mol. The van der Waals surface area contributed by atoms with Crippen LogP contribution in [0.25, 0.3) is 11.2 Å². The van der Waals surface area contributed by atoms with E-state index in [9.17, 15) is 14.7 Å². The average Bonchev–Trinajstić information content (AvgIpc) is 3.00. The number of phenolic OH excluding ortho intramolecular Hbond substituents is 1. The monoisotopic (exact) mass is 440 g/mol. The molecule has 1 aromatic carbocycles. The van der Waals surface area contributed by atoms with Crippen LogP contribution in [0.2, 0.25) is 0 Å². The summed E-state index contributed by atoms with van der Waals surface area (Å²) in [5.74, 6) is 0.641. The van der Waals surface area contributed by atoms with Crippen molar-refractivity contribution in [1.29, 1.82) is 0 Å². The minimum Gasteiger partial charge on any atom is -0.507 e. The van der Waals surface area contributed by atoms with Gasteiger partial charge in [-0.3, -0.25) is 13.9 Å². The summed E-state index contributed by atoms with van der Waals surface area (Å²) in [4.78, 5) is 29.1. The first-order valence-electron chi connectivity index (χ1n) is 10.4. The fraction of sp³-hybridized carbons (Fsp3) is 0.478. The van der Waals surface area contributed by atoms with E-state index in [1.807, 2.05) is 12.1 Å². The summed E-state index contributed by atoms with van der Waals surface area (Å²) < 4.78 is 3.96. The zero-order valence-electron chi connectivity index (χ0n) is 20.2. The Morgan fingerprint density at radius 2 is 1.47 bits per heavy atom. The van der Waals surface area contributed by atoms with Gasteiger partial charge in [-0.25, -0.2) is 10.2 Å². The zero-order valence-corrected chi connectivity index (χ0v) is 20.2. The molecule has 0 fully saturated rings. The van der Waals surface area contributed by atoms with Gasteiger partial charge >= 0.3 is 5.69 Å². The molecule has 0 aliphatic carbocycles. The third-order valence-corrected chi connectivity index (χ3v) is 5.60. The van der Waals surface area contributed by atoms with E-state index in [0.29, 0.717) is 17.2 Å². The molecule has 0 radical (unpaired) electrons. The summed E-state index contributed by atoms with van der Waals surface area (Å²) in [7, 11) is 4.70. The van der Waals surface area contributed by atoms with Crippen LogP contribution in [-0.4, -0.2) is 30.0 Å². The summed E-state index contributed by atoms with van der Waals surface area (Å²) in [5.41, 5.74) is 4.62. The molecule has 9 nitrogen and oxygen atoms in total. The predicted octanol–water partition coefficient (Wildman–Crippen LogP) is 2.72. The van der Waals surface area contributed by atoms with Crippen LogP contribution < -0.4 is 16.7 Å². The van der Waals surface area contributed by atoms with Gasteiger partial charge in [0.15, 0.2) is 11.2 Å². The van der Waals surface area contributed by atoms with Gasteiger partial charge in [0.05, 0.1) is 6.21 Å². The normalized spacial score (nSPS) is 12.8. The number of hydrogen-bond donors (Lipinski definition) is 2. The fourth-order valence-electron chi connectivity index (χ4n) is 3.66. The van der Waals surface area contributed by atoms with Crippen LogP contribution in [0.5, 0.6) is 5.75 Å². The Morgan fingerprint density at radius 3 is 1.97 bits per heavy atom. The zero-order chi connectivity index (χ0) is 24.2. The van der Waals surface area contributed by atoms with E-state index in [0.717, 1.165) is 21.3 Å². The van der Waals surface area contributed by atoms with Gasteiger partial charge in [0.1, 0.15) is 5.75 Å². The molecule has 32 heavy (non-hydrogen) atoms. The molecule has 172 valence electrons. The molecule has 0 saturated heterocycles. The van der Waals surface area contributed by atoms with E-state index in [1.165, 1.54) is 11.6 Å². The van der Waals surface area contributed by atoms with Crippen LogP contribution in [0.1, 0.15) is 58.2 Å². The third kappa shape index (κ3) is 3.94. The number of benzene rings is 1. The number of hydrazone groups is 1. The molecule has 0 unspecified atom stereocenters. The van der Waals surface area contributed by atoms with E-state index in [2.05, 4.69) is 57.1 Å². The lowest BCUT2D eigenvalue weighted by Crippen LogP contribution is -2.37. The Bertz CT molecular complexity index is 1310. The molecular formula is C23H32N6O3. The highest BCUT2D eigenvalue weighted by Gasteiger charge is 2.26. The second kappa shape index (κ2) is 7.65. The van der Waals surface area contributed by atoms with Gasteiger partial charge in [-0.15, -0.1) is 0 Å². The van der Waals surface area contributed by atoms with Crippen molar-refractivity contribution in [3.63, 3.8) is 0 Å². The molecule has 2 heterocycles. The molecule has 9 heteroatoms. The molecule has 2 aromatic heterocycles. The molecule has 0 bridgehead atoms. The lowest BCUT2D eigenvalue weighted by molar-refractivity contribution is 0.423. The molecule has 0 spiro atoms. The van der Waals surface area contributed by atoms with E-state index >= 15 is 0 Å². The second-order valence-electron chi connectivity index (χ2n) is 10.2. The van der Waals surface area contributed by atoms with E-state index < -0.39 is 11.2 Å². The number of hydrogen-bond acceptors (Lipinski definition) is 6. The van der Waals surface area contributed by atoms with Gasteiger partial charge in [0, 0.05) is 32.3 Å². The van der Waals surface area contributed by atoms with Crippen LogP contribution in [0.4, 0.5) is 5.95 Å². The standard InChI is InChI=1S/C23H32N6O3/c1-22(2,3)14-10-13(11-15(17(14)30)23(4,5)6)12-24-26-20-25-18-16(27(20)7)19(31)29(9)21(32)28(18)8/h10-12,30H,1-9H3,(H,25,26). The molecule has 3 rings (SSSR count). The Kier molecular flexibility index (Phi) is 5.57. The minimum absolute atomic E-state index is 0.246. The lowest BCUT2D eigenvalue weighted by atomic mass is 9.78. The maximum atomic E-state index is 12.5. The maximum absolute atomic E-state index is 12.5. The van der Waals surface area contributed by atoms with Crippen molar-refractivity contribution >= 4 is 23.3 Å². The largest absolute Gasteiger partial charge is 0.507 e. The molecule has 0 aliphatic heterocycles. The Morgan fingerprint density at radius 1 is 0.938 bits per heavy atom. The number of phenols is 1. The van der Waals surface area contributed by atoms with Crippen LogP contribution in [0, 0.1) is 0 Å². The summed E-state index contributed by atoms with van der Waals surface area (Å²) in [6.45, 7) is 12.3. The first kappa shape index (κ1) is 23.3. The van der Waals surface area contributed by atoms with Crippen molar-refractivity contribution < 1.29 is 5.11 Å². The number of aromatic hydroxyl groups is 1. The molecule has 0 atom stereocenters. The number of aromatic nitrogens is 4. The summed E-state index contributed by atoms with van der Waals surface area (Å²) >= 11 is 0. The molecule has 2 N–H and O–H groups in total. The third-order valence-electron chi connectivity index (χ3n) is 5.60. The number of rotatable bonds is 3. The van der Waals surface area contributed by atoms with E-state index in [4.69, 9.17) is 0 Å². The predicted molar refractivity (Wildman–Crippen MR) is 128 cm³/mol. The number of aryl methyl sites for hydroxylation is 2. The summed E-state index contributed by atoms with van der Waals surface area (Å²) in [5, 5.41) is 15.2. The van der Waals surface area contributed by atoms with Gasteiger partial charge in [-0.05, 0) is 28.5 Å². The van der Waals surface area contributed by atoms with E-state index in [-0.39, 0.29) is 16.5 Å². The molecule has 0 amide bonds. The number of nitrogens with zero attached hydrogens (tertiary/aromatic N) is 5. The van der Waals surface area contributed by atoms with Crippen LogP contribution in [0.3, 0.4) is 0 Å². The van der Waals surface area contributed by atoms with Crippen molar-refractivity contribution in [2.24, 2.45) is 26.2 Å². The Balaban J connectivity index is 2.05. The molecule has 0 aliphatic rings. The molecule has 3 aromatic rings. The Hall–Kier alpha value is -3.36. The number of fused-ring (bicyclic) bond motifs is 1. The van der Waals surface area contributed by atoms with Gasteiger partial charge in [-0.2, -0.15) is 10.1 Å². The van der Waals surface area contributed by atoms with Gasteiger partial charge < -0.3 is 9.67 Å². The van der Waals surface area contributed by atoms with Gasteiger partial charge in [0.25, 0.3) is 5.56 Å². The van der Waals surface area contributed by atoms with Crippen molar-refractivity contribution in [2.45, 2.75) is 52.4 Å². The highest BCUT2D eigenvalue weighted by atomic mass is 16.3. The van der Waals surface area contributed by atoms with Crippen LogP contribution in [0.15, 0.2) is 26.8 Å². The van der Waals surface area contributed by atoms with Gasteiger partial charge in [0.2, 0.25) is 5.95 Å². The first-order chi connectivity index (χ1) is 14.6. The van der Waals surface area contributed by atoms with Crippen molar-refractivity contribution in [2.75, 3.05) is 5.43 Å². The van der Waals surface area contributed by atoms with Crippen LogP contribution >= 0.6 is 0 Å². The maximum Gasteiger partial charge on any atom is 0.332 e. The number of imidazole rings is 1. The van der Waals surface area contributed by atoms with Crippen molar-refractivity contribution in [3.8, 4) is 5.75 Å². The SMILES string of the molecule is Cn1c(=O)c2c(nc(NN=Cc3cc(C(C)(C)C)c(O)c(C(C)(C)C)c3)n2C)n(C)c1=O. The second-order valence-corrected chi connectivity index (χ2v) is 10.2. The highest BCUT2D eigenvalue weighted by molar-refractivity contribution is 5.82. The topological polar surface area (TPSA) is 106 Å². The summed E-state index contributed by atoms with van der Waals surface area (Å²) in [6, 6.07) is 3.84. The highest BCUT2D eigenvalue weighted by Crippen LogP contribution is 2.39. The average molecular weight is 441 g/mol. The van der Waals surface area contributed by atoms with Crippen molar-refractivity contribution in [1.82, 2.24) is 18.7 Å². The minimum atomic E-state index is -0.441. The number of nitrogens with one attached hydrogen (secondary N) is 1. The van der Waals surface area contributed by atoms with Crippen LogP contribution in [-0.2, 0) is 32.0 Å². The smallest absolute Gasteiger partial charge is 0.332 e. The van der Waals surface area contributed by atoms with Crippen molar-refractivity contribution in [3.05, 3.63) is 49.7 Å². The number of anilines is 1. The quantitative estimate of drug-likeness (QED) is 0.481. The molecule has 0 saturated carbocycles. The lowest BCUT2D eigenvalue weighted by Gasteiger charge is -2.27.